The van der Waals surface area contributed by atoms with Crippen LogP contribution >= 0.6 is 0 Å². The molecular weight excluding hydrogens is 410 g/mol. The Morgan fingerprint density at radius 3 is 2.32 bits per heavy atom. The van der Waals surface area contributed by atoms with E-state index in [2.05, 4.69) is 41.8 Å². The highest BCUT2D eigenvalue weighted by Crippen LogP contribution is 2.34. The number of carbonyl (C=O) groups is 1. The smallest absolute Gasteiger partial charge is 0.232 e. The Balaban J connectivity index is 1.39. The molecular formula is C24H31N3O3S. The van der Waals surface area contributed by atoms with Crippen molar-refractivity contribution in [1.82, 2.24) is 4.90 Å². The summed E-state index contributed by atoms with van der Waals surface area (Å²) in [5.41, 5.74) is 6.14. The van der Waals surface area contributed by atoms with Crippen LogP contribution in [0.1, 0.15) is 34.0 Å². The van der Waals surface area contributed by atoms with Crippen molar-refractivity contribution >= 4 is 27.2 Å². The fraction of sp³-hybridized carbons (Fsp3) is 0.458. The lowest BCUT2D eigenvalue weighted by Gasteiger charge is -2.36. The summed E-state index contributed by atoms with van der Waals surface area (Å²) < 4.78 is 25.7. The number of nitrogens with zero attached hydrogens (tertiary/aromatic N) is 3. The Kier molecular flexibility index (Phi) is 5.83. The lowest BCUT2D eigenvalue weighted by atomic mass is 10.0. The first-order valence-corrected chi connectivity index (χ1v) is 12.7. The van der Waals surface area contributed by atoms with Gasteiger partial charge in [0.2, 0.25) is 10.0 Å². The van der Waals surface area contributed by atoms with Gasteiger partial charge in [-0.3, -0.25) is 14.0 Å². The molecule has 0 aromatic heterocycles. The molecule has 6 nitrogen and oxygen atoms in total. The van der Waals surface area contributed by atoms with Crippen LogP contribution in [0.4, 0.5) is 11.4 Å². The third-order valence-corrected chi connectivity index (χ3v) is 7.62. The molecule has 1 unspecified atom stereocenters. The van der Waals surface area contributed by atoms with Crippen LogP contribution in [-0.2, 0) is 16.4 Å². The van der Waals surface area contributed by atoms with Crippen LogP contribution in [-0.4, -0.2) is 64.1 Å². The van der Waals surface area contributed by atoms with Gasteiger partial charge >= 0.3 is 0 Å². The molecule has 0 saturated carbocycles. The number of piperazine rings is 1. The molecule has 2 aromatic rings. The van der Waals surface area contributed by atoms with E-state index < -0.39 is 10.0 Å². The lowest BCUT2D eigenvalue weighted by Crippen LogP contribution is -2.48. The van der Waals surface area contributed by atoms with Crippen molar-refractivity contribution in [3.8, 4) is 0 Å². The molecule has 0 spiro atoms. The van der Waals surface area contributed by atoms with Gasteiger partial charge < -0.3 is 4.90 Å². The van der Waals surface area contributed by atoms with Crippen LogP contribution < -0.4 is 9.21 Å². The minimum atomic E-state index is -3.32. The maximum absolute atomic E-state index is 12.9. The van der Waals surface area contributed by atoms with Gasteiger partial charge in [0.1, 0.15) is 0 Å². The lowest BCUT2D eigenvalue weighted by molar-refractivity contribution is 0.0926. The van der Waals surface area contributed by atoms with E-state index in [-0.39, 0.29) is 11.8 Å². The molecule has 0 bridgehead atoms. The molecule has 0 radical (unpaired) electrons. The zero-order chi connectivity index (χ0) is 22.3. The first-order chi connectivity index (χ1) is 14.6. The van der Waals surface area contributed by atoms with Gasteiger partial charge in [-0.1, -0.05) is 17.7 Å². The Morgan fingerprint density at radius 1 is 1.00 bits per heavy atom. The molecule has 2 heterocycles. The third-order valence-electron chi connectivity index (χ3n) is 6.34. The van der Waals surface area contributed by atoms with Gasteiger partial charge in [-0.05, 0) is 62.6 Å². The highest BCUT2D eigenvalue weighted by molar-refractivity contribution is 7.92. The highest BCUT2D eigenvalue weighted by Gasteiger charge is 2.33. The summed E-state index contributed by atoms with van der Waals surface area (Å²) >= 11 is 0. The van der Waals surface area contributed by atoms with Crippen molar-refractivity contribution in [2.75, 3.05) is 48.2 Å². The maximum Gasteiger partial charge on any atom is 0.232 e. The molecule has 0 N–H and O–H groups in total. The zero-order valence-electron chi connectivity index (χ0n) is 18.8. The Hall–Kier alpha value is -2.38. The summed E-state index contributed by atoms with van der Waals surface area (Å²) in [5.74, 6) is 0.0909. The molecule has 166 valence electrons. The van der Waals surface area contributed by atoms with E-state index in [1.807, 2.05) is 13.0 Å². The van der Waals surface area contributed by atoms with Crippen LogP contribution in [0.25, 0.3) is 0 Å². The zero-order valence-corrected chi connectivity index (χ0v) is 19.6. The Labute approximate surface area is 185 Å². The largest absolute Gasteiger partial charge is 0.369 e. The van der Waals surface area contributed by atoms with E-state index in [1.54, 1.807) is 12.1 Å². The van der Waals surface area contributed by atoms with Crippen molar-refractivity contribution in [1.29, 1.82) is 0 Å². The highest BCUT2D eigenvalue weighted by atomic mass is 32.2. The standard InChI is InChI=1S/C24H31N3O3S/c1-17-5-7-22(18(2)13-17)26-11-9-25(10-12-26)16-24(28)20-6-8-23-21(15-20)14-19(3)27(23)31(4,29)30/h5-8,13,15,19H,9-12,14,16H2,1-4H3. The number of rotatable bonds is 5. The van der Waals surface area contributed by atoms with Crippen molar-refractivity contribution in [2.24, 2.45) is 0 Å². The normalized spacial score (nSPS) is 19.5. The quantitative estimate of drug-likeness (QED) is 0.668. The van der Waals surface area contributed by atoms with E-state index in [0.717, 1.165) is 31.7 Å². The van der Waals surface area contributed by atoms with Crippen LogP contribution in [0.5, 0.6) is 0 Å². The number of hydrogen-bond acceptors (Lipinski definition) is 5. The minimum absolute atomic E-state index is 0.0909. The van der Waals surface area contributed by atoms with Gasteiger partial charge in [-0.25, -0.2) is 8.42 Å². The number of aryl methyl sites for hydroxylation is 2. The second kappa shape index (κ2) is 8.28. The number of Topliss-reactive ketones (excluding diaryl/α,β-unsaturated/α-hetero) is 1. The first kappa shape index (κ1) is 21.8. The SMILES string of the molecule is Cc1ccc(N2CCN(CC(=O)c3ccc4c(c3)CC(C)N4S(C)(=O)=O)CC2)c(C)c1. The molecule has 0 amide bonds. The van der Waals surface area contributed by atoms with Crippen molar-refractivity contribution in [3.05, 3.63) is 58.7 Å². The van der Waals surface area contributed by atoms with E-state index in [1.165, 1.54) is 27.4 Å². The minimum Gasteiger partial charge on any atom is -0.369 e. The maximum atomic E-state index is 12.9. The number of carbonyl (C=O) groups excluding carboxylic acids is 1. The Morgan fingerprint density at radius 2 is 1.68 bits per heavy atom. The van der Waals surface area contributed by atoms with Gasteiger partial charge in [-0.2, -0.15) is 0 Å². The van der Waals surface area contributed by atoms with E-state index in [4.69, 9.17) is 0 Å². The van der Waals surface area contributed by atoms with Crippen molar-refractivity contribution in [2.45, 2.75) is 33.2 Å². The summed E-state index contributed by atoms with van der Waals surface area (Å²) in [4.78, 5) is 17.5. The van der Waals surface area contributed by atoms with Crippen LogP contribution in [0.2, 0.25) is 0 Å². The predicted molar refractivity (Wildman–Crippen MR) is 126 cm³/mol. The van der Waals surface area contributed by atoms with E-state index in [0.29, 0.717) is 24.2 Å². The van der Waals surface area contributed by atoms with Gasteiger partial charge in [0.15, 0.2) is 5.78 Å². The van der Waals surface area contributed by atoms with Crippen molar-refractivity contribution < 1.29 is 13.2 Å². The summed E-state index contributed by atoms with van der Waals surface area (Å²) in [5, 5.41) is 0. The van der Waals surface area contributed by atoms with Crippen molar-refractivity contribution in [3.63, 3.8) is 0 Å². The fourth-order valence-corrected chi connectivity index (χ4v) is 6.15. The molecule has 4 rings (SSSR count). The number of ketones is 1. The van der Waals surface area contributed by atoms with Crippen LogP contribution in [0.3, 0.4) is 0 Å². The van der Waals surface area contributed by atoms with Crippen LogP contribution in [0.15, 0.2) is 36.4 Å². The van der Waals surface area contributed by atoms with E-state index >= 15 is 0 Å². The molecule has 31 heavy (non-hydrogen) atoms. The molecule has 1 atom stereocenters. The van der Waals surface area contributed by atoms with Gasteiger partial charge in [-0.15, -0.1) is 0 Å². The topological polar surface area (TPSA) is 60.9 Å². The predicted octanol–water partition coefficient (Wildman–Crippen LogP) is 3.02. The number of hydrogen-bond donors (Lipinski definition) is 0. The van der Waals surface area contributed by atoms with Gasteiger partial charge in [0, 0.05) is 43.5 Å². The summed E-state index contributed by atoms with van der Waals surface area (Å²) in [6, 6.07) is 11.9. The second-order valence-corrected chi connectivity index (χ2v) is 10.8. The number of anilines is 2. The molecule has 0 aliphatic carbocycles. The van der Waals surface area contributed by atoms with E-state index in [9.17, 15) is 13.2 Å². The number of sulfonamides is 1. The average molecular weight is 442 g/mol. The molecule has 1 saturated heterocycles. The Bertz CT molecular complexity index is 1110. The third kappa shape index (κ3) is 4.48. The first-order valence-electron chi connectivity index (χ1n) is 10.8. The molecule has 7 heteroatoms. The van der Waals surface area contributed by atoms with Gasteiger partial charge in [0.25, 0.3) is 0 Å². The number of fused-ring (bicyclic) bond motifs is 1. The average Bonchev–Trinajstić information content (AvgIpc) is 3.04. The summed E-state index contributed by atoms with van der Waals surface area (Å²) in [6.07, 6.45) is 1.87. The molecule has 2 aromatic carbocycles. The molecule has 1 fully saturated rings. The molecule has 2 aliphatic rings. The summed E-state index contributed by atoms with van der Waals surface area (Å²) in [7, 11) is -3.32. The van der Waals surface area contributed by atoms with Gasteiger partial charge in [0.05, 0.1) is 18.5 Å². The van der Waals surface area contributed by atoms with Crippen LogP contribution in [0, 0.1) is 13.8 Å². The monoisotopic (exact) mass is 441 g/mol. The fourth-order valence-electron chi connectivity index (χ4n) is 4.88. The number of benzene rings is 2. The molecule has 2 aliphatic heterocycles. The summed E-state index contributed by atoms with van der Waals surface area (Å²) in [6.45, 7) is 10.1. The second-order valence-electron chi connectivity index (χ2n) is 8.93.